The number of carbonyl (C=O) groups excluding carboxylic acids is 1. The molecule has 0 spiro atoms. The molecule has 0 aromatic rings. The Morgan fingerprint density at radius 2 is 1.81 bits per heavy atom. The van der Waals surface area contributed by atoms with Gasteiger partial charge in [0.25, 0.3) is 0 Å². The monoisotopic (exact) mass is 322 g/mol. The number of nitrogens with one attached hydrogen (secondary N) is 1. The van der Waals surface area contributed by atoms with Crippen LogP contribution in [0, 0.1) is 0 Å². The molecule has 1 fully saturated rings. The molecule has 1 saturated heterocycles. The van der Waals surface area contributed by atoms with Gasteiger partial charge in [-0.15, -0.1) is 0 Å². The summed E-state index contributed by atoms with van der Waals surface area (Å²) in [5, 5.41) is 16.1. The van der Waals surface area contributed by atoms with Gasteiger partial charge in [0.2, 0.25) is 10.0 Å². The highest BCUT2D eigenvalue weighted by molar-refractivity contribution is 7.89. The van der Waals surface area contributed by atoms with Crippen molar-refractivity contribution in [3.8, 4) is 0 Å². The normalized spacial score (nSPS) is 16.7. The van der Waals surface area contributed by atoms with Crippen molar-refractivity contribution < 1.29 is 23.1 Å². The number of sulfonamides is 1. The first-order valence-corrected chi connectivity index (χ1v) is 8.47. The van der Waals surface area contributed by atoms with Gasteiger partial charge in [0.15, 0.2) is 0 Å². The van der Waals surface area contributed by atoms with E-state index in [1.165, 1.54) is 0 Å². The summed E-state index contributed by atoms with van der Waals surface area (Å²) in [4.78, 5) is 25.9. The van der Waals surface area contributed by atoms with Crippen molar-refractivity contribution in [1.82, 2.24) is 15.1 Å². The summed E-state index contributed by atoms with van der Waals surface area (Å²) >= 11 is 0. The standard InChI is InChI=1S/C11H22N4O5S/c12-21(19,20)9-1-3-13-11(18)15-7-5-14(6-8-15)4-2-10(16)17/h1-9H2,(H,13,18)(H,16,17)(H2,12,19,20). The van der Waals surface area contributed by atoms with Gasteiger partial charge in [-0.3, -0.25) is 9.69 Å². The van der Waals surface area contributed by atoms with Gasteiger partial charge in [0.1, 0.15) is 0 Å². The number of primary sulfonamides is 1. The zero-order chi connectivity index (χ0) is 15.9. The largest absolute Gasteiger partial charge is 0.481 e. The summed E-state index contributed by atoms with van der Waals surface area (Å²) in [5.41, 5.74) is 0. The highest BCUT2D eigenvalue weighted by Crippen LogP contribution is 2.03. The fourth-order valence-corrected chi connectivity index (χ4v) is 2.56. The number of nitrogens with two attached hydrogens (primary N) is 1. The molecule has 122 valence electrons. The number of carboxylic acids is 1. The van der Waals surface area contributed by atoms with Crippen LogP contribution in [-0.2, 0) is 14.8 Å². The molecule has 0 radical (unpaired) electrons. The molecule has 0 aromatic heterocycles. The number of carbonyl (C=O) groups is 2. The lowest BCUT2D eigenvalue weighted by atomic mass is 10.3. The molecule has 0 aliphatic carbocycles. The number of carboxylic acid groups (broad SMARTS) is 1. The summed E-state index contributed by atoms with van der Waals surface area (Å²) in [7, 11) is -3.49. The molecular weight excluding hydrogens is 300 g/mol. The molecule has 4 N–H and O–H groups in total. The summed E-state index contributed by atoms with van der Waals surface area (Å²) in [6.07, 6.45) is 0.378. The Kier molecular flexibility index (Phi) is 6.85. The molecule has 0 saturated carbocycles. The van der Waals surface area contributed by atoms with Gasteiger partial charge in [-0.25, -0.2) is 18.4 Å². The number of hydrogen-bond acceptors (Lipinski definition) is 5. The number of aliphatic carboxylic acids is 1. The molecule has 0 bridgehead atoms. The topological polar surface area (TPSA) is 133 Å². The SMILES string of the molecule is NS(=O)(=O)CCCNC(=O)N1CCN(CCC(=O)O)CC1. The maximum atomic E-state index is 11.8. The zero-order valence-electron chi connectivity index (χ0n) is 11.8. The lowest BCUT2D eigenvalue weighted by Gasteiger charge is -2.34. The average Bonchev–Trinajstić information content (AvgIpc) is 2.40. The van der Waals surface area contributed by atoms with E-state index in [4.69, 9.17) is 10.2 Å². The van der Waals surface area contributed by atoms with Gasteiger partial charge in [-0.2, -0.15) is 0 Å². The van der Waals surface area contributed by atoms with Gasteiger partial charge in [-0.1, -0.05) is 0 Å². The third-order valence-electron chi connectivity index (χ3n) is 3.18. The minimum Gasteiger partial charge on any atom is -0.481 e. The molecule has 0 aromatic carbocycles. The second kappa shape index (κ2) is 8.15. The van der Waals surface area contributed by atoms with Crippen molar-refractivity contribution in [2.24, 2.45) is 5.14 Å². The van der Waals surface area contributed by atoms with E-state index < -0.39 is 16.0 Å². The Hall–Kier alpha value is -1.39. The first-order valence-electron chi connectivity index (χ1n) is 6.75. The molecule has 1 aliphatic heterocycles. The van der Waals surface area contributed by atoms with Crippen LogP contribution in [0.25, 0.3) is 0 Å². The Balaban J connectivity index is 2.18. The third-order valence-corrected chi connectivity index (χ3v) is 4.04. The number of amides is 2. The Bertz CT molecular complexity index is 459. The van der Waals surface area contributed by atoms with E-state index in [9.17, 15) is 18.0 Å². The van der Waals surface area contributed by atoms with Crippen LogP contribution in [0.3, 0.4) is 0 Å². The summed E-state index contributed by atoms with van der Waals surface area (Å²) < 4.78 is 21.5. The highest BCUT2D eigenvalue weighted by atomic mass is 32.2. The molecule has 10 heteroatoms. The predicted molar refractivity (Wildman–Crippen MR) is 76.3 cm³/mol. The number of nitrogens with zero attached hydrogens (tertiary/aromatic N) is 2. The van der Waals surface area contributed by atoms with Crippen molar-refractivity contribution in [2.75, 3.05) is 45.0 Å². The number of rotatable bonds is 7. The molecule has 1 rings (SSSR count). The Morgan fingerprint density at radius 1 is 1.19 bits per heavy atom. The number of hydrogen-bond donors (Lipinski definition) is 3. The minimum atomic E-state index is -3.49. The first-order chi connectivity index (χ1) is 9.78. The number of piperazine rings is 1. The van der Waals surface area contributed by atoms with Crippen LogP contribution in [0.2, 0.25) is 0 Å². The van der Waals surface area contributed by atoms with Crippen molar-refractivity contribution in [3.63, 3.8) is 0 Å². The molecule has 9 nitrogen and oxygen atoms in total. The van der Waals surface area contributed by atoms with Gasteiger partial charge in [0.05, 0.1) is 12.2 Å². The molecular formula is C11H22N4O5S. The second-order valence-corrected chi connectivity index (χ2v) is 6.66. The third kappa shape index (κ3) is 7.83. The van der Waals surface area contributed by atoms with Crippen LogP contribution in [0.1, 0.15) is 12.8 Å². The summed E-state index contributed by atoms with van der Waals surface area (Å²) in [6, 6.07) is -0.234. The van der Waals surface area contributed by atoms with Gasteiger partial charge < -0.3 is 15.3 Å². The molecule has 0 atom stereocenters. The highest BCUT2D eigenvalue weighted by Gasteiger charge is 2.20. The van der Waals surface area contributed by atoms with E-state index in [1.54, 1.807) is 4.90 Å². The Morgan fingerprint density at radius 3 is 2.33 bits per heavy atom. The fraction of sp³-hybridized carbons (Fsp3) is 0.818. The van der Waals surface area contributed by atoms with Crippen LogP contribution in [0.5, 0.6) is 0 Å². The fourth-order valence-electron chi connectivity index (χ4n) is 2.01. The second-order valence-electron chi connectivity index (χ2n) is 4.92. The predicted octanol–water partition coefficient (Wildman–Crippen LogP) is -1.53. The zero-order valence-corrected chi connectivity index (χ0v) is 12.6. The van der Waals surface area contributed by atoms with Crippen molar-refractivity contribution in [2.45, 2.75) is 12.8 Å². The smallest absolute Gasteiger partial charge is 0.317 e. The maximum Gasteiger partial charge on any atom is 0.317 e. The van der Waals surface area contributed by atoms with Crippen LogP contribution in [-0.4, -0.2) is 80.3 Å². The maximum absolute atomic E-state index is 11.8. The van der Waals surface area contributed by atoms with E-state index >= 15 is 0 Å². The Labute approximate surface area is 124 Å². The van der Waals surface area contributed by atoms with Gasteiger partial charge in [-0.05, 0) is 6.42 Å². The quantitative estimate of drug-likeness (QED) is 0.487. The van der Waals surface area contributed by atoms with Crippen LogP contribution in [0.4, 0.5) is 4.79 Å². The van der Waals surface area contributed by atoms with Crippen molar-refractivity contribution in [3.05, 3.63) is 0 Å². The molecule has 0 unspecified atom stereocenters. The van der Waals surface area contributed by atoms with E-state index in [-0.39, 0.29) is 31.2 Å². The first kappa shape index (κ1) is 17.7. The summed E-state index contributed by atoms with van der Waals surface area (Å²) in [6.45, 7) is 3.07. The van der Waals surface area contributed by atoms with Crippen LogP contribution >= 0.6 is 0 Å². The number of urea groups is 1. The van der Waals surface area contributed by atoms with E-state index in [0.717, 1.165) is 0 Å². The molecule has 21 heavy (non-hydrogen) atoms. The molecule has 2 amide bonds. The van der Waals surface area contributed by atoms with Crippen LogP contribution < -0.4 is 10.5 Å². The van der Waals surface area contributed by atoms with Crippen LogP contribution in [0.15, 0.2) is 0 Å². The van der Waals surface area contributed by atoms with E-state index in [0.29, 0.717) is 32.7 Å². The van der Waals surface area contributed by atoms with E-state index in [1.807, 2.05) is 4.90 Å². The summed E-state index contributed by atoms with van der Waals surface area (Å²) in [5.74, 6) is -0.985. The molecule has 1 aliphatic rings. The van der Waals surface area contributed by atoms with E-state index in [2.05, 4.69) is 5.32 Å². The van der Waals surface area contributed by atoms with Gasteiger partial charge >= 0.3 is 12.0 Å². The molecule has 1 heterocycles. The minimum absolute atomic E-state index is 0.0970. The lowest BCUT2D eigenvalue weighted by Crippen LogP contribution is -2.52. The average molecular weight is 322 g/mol. The lowest BCUT2D eigenvalue weighted by molar-refractivity contribution is -0.137. The van der Waals surface area contributed by atoms with Crippen molar-refractivity contribution >= 4 is 22.0 Å². The van der Waals surface area contributed by atoms with Crippen molar-refractivity contribution in [1.29, 1.82) is 0 Å². The van der Waals surface area contributed by atoms with Gasteiger partial charge in [0, 0.05) is 39.3 Å².